The maximum Gasteiger partial charge on any atom is 0.267 e. The number of rotatable bonds is 17. The van der Waals surface area contributed by atoms with Gasteiger partial charge in [-0.3, -0.25) is 9.10 Å². The molecule has 10 heteroatoms. The average molecular weight is 709 g/mol. The Morgan fingerprint density at radius 2 is 1.75 bits per heavy atom. The van der Waals surface area contributed by atoms with E-state index in [1.807, 2.05) is 6.07 Å². The van der Waals surface area contributed by atoms with Gasteiger partial charge in [-0.1, -0.05) is 101 Å². The molecule has 0 aromatic heterocycles. The third-order valence-corrected chi connectivity index (χ3v) is 11.8. The third-order valence-electron chi connectivity index (χ3n) is 7.79. The zero-order chi connectivity index (χ0) is 32.3. The lowest BCUT2D eigenvalue weighted by atomic mass is 9.87. The SMILES string of the molecule is CCCCOCCCN1C(C(Br)C(=O)Nc2cc(C(C)(C)C)ccc2SCC(CC)CCCC)=Nc2ccccc2S1(=O)=O. The number of benzene rings is 2. The molecule has 2 aromatic rings. The lowest BCUT2D eigenvalue weighted by Crippen LogP contribution is -2.47. The molecule has 0 fully saturated rings. The fraction of sp³-hybridized carbons (Fsp3) is 0.588. The Morgan fingerprint density at radius 1 is 1.05 bits per heavy atom. The van der Waals surface area contributed by atoms with Gasteiger partial charge in [0.25, 0.3) is 10.0 Å². The van der Waals surface area contributed by atoms with Gasteiger partial charge in [0.05, 0.1) is 11.4 Å². The van der Waals surface area contributed by atoms with Crippen LogP contribution in [-0.2, 0) is 25.0 Å². The number of unbranched alkanes of at least 4 members (excludes halogenated alkanes) is 2. The second-order valence-corrected chi connectivity index (χ2v) is 16.2. The van der Waals surface area contributed by atoms with Gasteiger partial charge in [-0.15, -0.1) is 11.8 Å². The maximum absolute atomic E-state index is 13.9. The second kappa shape index (κ2) is 17.2. The number of sulfonamides is 1. The van der Waals surface area contributed by atoms with Crippen molar-refractivity contribution in [3.05, 3.63) is 48.0 Å². The molecule has 44 heavy (non-hydrogen) atoms. The third kappa shape index (κ3) is 9.81. The summed E-state index contributed by atoms with van der Waals surface area (Å²) in [5.74, 6) is 1.37. The highest BCUT2D eigenvalue weighted by atomic mass is 79.9. The van der Waals surface area contributed by atoms with Crippen LogP contribution >= 0.6 is 27.7 Å². The Bertz CT molecular complexity index is 1370. The molecule has 0 saturated carbocycles. The molecule has 0 spiro atoms. The fourth-order valence-corrected chi connectivity index (χ4v) is 8.38. The highest BCUT2D eigenvalue weighted by Gasteiger charge is 2.39. The number of ether oxygens (including phenoxy) is 1. The van der Waals surface area contributed by atoms with E-state index in [0.717, 1.165) is 41.2 Å². The first kappa shape index (κ1) is 36.6. The highest BCUT2D eigenvalue weighted by molar-refractivity contribution is 9.10. The van der Waals surface area contributed by atoms with Gasteiger partial charge in [0.15, 0.2) is 4.83 Å². The summed E-state index contributed by atoms with van der Waals surface area (Å²) >= 11 is 5.32. The van der Waals surface area contributed by atoms with E-state index in [9.17, 15) is 13.2 Å². The molecule has 2 unspecified atom stereocenters. The molecule has 0 radical (unpaired) electrons. The Balaban J connectivity index is 1.89. The van der Waals surface area contributed by atoms with Gasteiger partial charge in [-0.05, 0) is 60.4 Å². The summed E-state index contributed by atoms with van der Waals surface area (Å²) in [4.78, 5) is 18.7. The molecule has 2 atom stereocenters. The lowest BCUT2D eigenvalue weighted by Gasteiger charge is -2.31. The van der Waals surface area contributed by atoms with E-state index in [1.54, 1.807) is 36.0 Å². The number of hydrogen-bond donors (Lipinski definition) is 1. The zero-order valence-electron chi connectivity index (χ0n) is 27.2. The summed E-state index contributed by atoms with van der Waals surface area (Å²) in [6, 6.07) is 12.9. The van der Waals surface area contributed by atoms with E-state index in [4.69, 9.17) is 9.73 Å². The predicted octanol–water partition coefficient (Wildman–Crippen LogP) is 8.94. The van der Waals surface area contributed by atoms with Crippen molar-refractivity contribution in [3.8, 4) is 0 Å². The summed E-state index contributed by atoms with van der Waals surface area (Å²) in [5.41, 5.74) is 2.07. The van der Waals surface area contributed by atoms with Crippen molar-refractivity contribution in [2.45, 2.75) is 107 Å². The topological polar surface area (TPSA) is 88.1 Å². The molecule has 1 aliphatic heterocycles. The molecule has 0 saturated heterocycles. The molecule has 1 N–H and O–H groups in total. The predicted molar refractivity (Wildman–Crippen MR) is 188 cm³/mol. The molecule has 7 nitrogen and oxygen atoms in total. The highest BCUT2D eigenvalue weighted by Crippen LogP contribution is 2.37. The van der Waals surface area contributed by atoms with Crippen LogP contribution in [-0.4, -0.2) is 54.8 Å². The van der Waals surface area contributed by atoms with Crippen LogP contribution in [0.25, 0.3) is 0 Å². The number of anilines is 1. The Labute approximate surface area is 278 Å². The molecule has 0 bridgehead atoms. The molecule has 2 aromatic carbocycles. The molecular formula is C34H50BrN3O4S2. The molecule has 1 heterocycles. The van der Waals surface area contributed by atoms with Crippen LogP contribution in [0, 0.1) is 5.92 Å². The average Bonchev–Trinajstić information content (AvgIpc) is 2.99. The number of amidine groups is 1. The quantitative estimate of drug-likeness (QED) is 0.101. The monoisotopic (exact) mass is 707 g/mol. The van der Waals surface area contributed by atoms with Crippen LogP contribution in [0.1, 0.15) is 92.1 Å². The summed E-state index contributed by atoms with van der Waals surface area (Å²) in [7, 11) is -3.91. The van der Waals surface area contributed by atoms with Gasteiger partial charge in [0.2, 0.25) is 5.91 Å². The minimum absolute atomic E-state index is 0.106. The number of fused-ring (bicyclic) bond motifs is 1. The van der Waals surface area contributed by atoms with Gasteiger partial charge in [-0.25, -0.2) is 13.4 Å². The van der Waals surface area contributed by atoms with Crippen LogP contribution < -0.4 is 5.32 Å². The minimum Gasteiger partial charge on any atom is -0.381 e. The summed E-state index contributed by atoms with van der Waals surface area (Å²) in [6.45, 7) is 14.2. The molecular weight excluding hydrogens is 658 g/mol. The lowest BCUT2D eigenvalue weighted by molar-refractivity contribution is -0.114. The summed E-state index contributed by atoms with van der Waals surface area (Å²) in [5, 5.41) is 3.13. The Kier molecular flexibility index (Phi) is 14.3. The van der Waals surface area contributed by atoms with E-state index in [-0.39, 0.29) is 28.6 Å². The van der Waals surface area contributed by atoms with Crippen molar-refractivity contribution >= 4 is 60.8 Å². The first-order valence-electron chi connectivity index (χ1n) is 15.9. The van der Waals surface area contributed by atoms with Crippen molar-refractivity contribution in [1.29, 1.82) is 0 Å². The van der Waals surface area contributed by atoms with Gasteiger partial charge in [-0.2, -0.15) is 0 Å². The van der Waals surface area contributed by atoms with Crippen LogP contribution in [0.5, 0.6) is 0 Å². The Hall–Kier alpha value is -1.88. The van der Waals surface area contributed by atoms with Gasteiger partial charge >= 0.3 is 0 Å². The van der Waals surface area contributed by atoms with Crippen molar-refractivity contribution in [2.75, 3.05) is 30.8 Å². The number of nitrogens with one attached hydrogen (secondary N) is 1. The molecule has 1 aliphatic rings. The number of aliphatic imine (C=N–C) groups is 1. The molecule has 0 aliphatic carbocycles. The molecule has 244 valence electrons. The first-order chi connectivity index (χ1) is 20.9. The van der Waals surface area contributed by atoms with Crippen molar-refractivity contribution in [3.63, 3.8) is 0 Å². The van der Waals surface area contributed by atoms with E-state index in [2.05, 4.69) is 74.9 Å². The van der Waals surface area contributed by atoms with Gasteiger partial charge < -0.3 is 10.1 Å². The van der Waals surface area contributed by atoms with E-state index in [1.165, 1.54) is 23.6 Å². The molecule has 3 rings (SSSR count). The standard InChI is InChI=1S/C34H50BrN3O4S2/c1-7-10-15-25(9-3)24-43-29-19-18-26(34(4,5)6)23-28(29)37-33(39)31(35)32-36-27-16-12-13-17-30(27)44(40,41)38(32)20-14-22-42-21-11-8-2/h12-13,16-19,23,25,31H,7-11,14-15,20-22,24H2,1-6H3,(H,37,39). The normalized spacial score (nSPS) is 15.8. The number of thioether (sulfide) groups is 1. The number of amides is 1. The number of carbonyl (C=O) groups is 1. The second-order valence-electron chi connectivity index (χ2n) is 12.4. The largest absolute Gasteiger partial charge is 0.381 e. The first-order valence-corrected chi connectivity index (χ1v) is 19.3. The van der Waals surface area contributed by atoms with Crippen molar-refractivity contribution in [1.82, 2.24) is 4.31 Å². The van der Waals surface area contributed by atoms with Gasteiger partial charge in [0, 0.05) is 30.4 Å². The van der Waals surface area contributed by atoms with Crippen molar-refractivity contribution in [2.24, 2.45) is 10.9 Å². The van der Waals surface area contributed by atoms with Crippen LogP contribution in [0.15, 0.2) is 57.2 Å². The Morgan fingerprint density at radius 3 is 2.43 bits per heavy atom. The smallest absolute Gasteiger partial charge is 0.267 e. The number of alkyl halides is 1. The summed E-state index contributed by atoms with van der Waals surface area (Å²) < 4.78 is 34.5. The zero-order valence-corrected chi connectivity index (χ0v) is 30.4. The van der Waals surface area contributed by atoms with Crippen molar-refractivity contribution < 1.29 is 17.9 Å². The van der Waals surface area contributed by atoms with E-state index < -0.39 is 14.9 Å². The number of nitrogens with zero attached hydrogens (tertiary/aromatic N) is 2. The minimum atomic E-state index is -3.91. The number of hydrogen-bond acceptors (Lipinski definition) is 6. The maximum atomic E-state index is 13.9. The number of para-hydroxylation sites is 1. The van der Waals surface area contributed by atoms with E-state index in [0.29, 0.717) is 31.2 Å². The van der Waals surface area contributed by atoms with Crippen LogP contribution in [0.4, 0.5) is 11.4 Å². The fourth-order valence-electron chi connectivity index (χ4n) is 4.90. The number of halogens is 1. The van der Waals surface area contributed by atoms with Crippen LogP contribution in [0.2, 0.25) is 0 Å². The number of carbonyl (C=O) groups excluding carboxylic acids is 1. The summed E-state index contributed by atoms with van der Waals surface area (Å²) in [6.07, 6.45) is 7.19. The van der Waals surface area contributed by atoms with Gasteiger partial charge in [0.1, 0.15) is 10.7 Å². The molecule has 1 amide bonds. The van der Waals surface area contributed by atoms with E-state index >= 15 is 0 Å². The van der Waals surface area contributed by atoms with Crippen LogP contribution in [0.3, 0.4) is 0 Å².